The van der Waals surface area contributed by atoms with Crippen LogP contribution in [0.5, 0.6) is 0 Å². The van der Waals surface area contributed by atoms with Crippen molar-refractivity contribution in [3.05, 3.63) is 11.9 Å². The SMILES string of the molecule is CCCc1c(NN)ncnc1N1CCC(CN(C)C)CC1. The van der Waals surface area contributed by atoms with Crippen LogP contribution in [0.2, 0.25) is 0 Å². The van der Waals surface area contributed by atoms with Gasteiger partial charge in [0.1, 0.15) is 18.0 Å². The number of nitrogens with two attached hydrogens (primary N) is 1. The van der Waals surface area contributed by atoms with E-state index in [1.165, 1.54) is 19.4 Å². The largest absolute Gasteiger partial charge is 0.356 e. The summed E-state index contributed by atoms with van der Waals surface area (Å²) in [5.74, 6) is 8.20. The molecule has 2 heterocycles. The monoisotopic (exact) mass is 292 g/mol. The van der Waals surface area contributed by atoms with Crippen LogP contribution in [-0.2, 0) is 6.42 Å². The standard InChI is InChI=1S/C15H28N6/c1-4-5-13-14(19-16)17-11-18-15(13)21-8-6-12(7-9-21)10-20(2)3/h11-12H,4-10,16H2,1-3H3,(H,17,18,19). The lowest BCUT2D eigenvalue weighted by atomic mass is 9.96. The van der Waals surface area contributed by atoms with Crippen LogP contribution >= 0.6 is 0 Å². The van der Waals surface area contributed by atoms with Crippen molar-refractivity contribution in [2.75, 3.05) is 44.1 Å². The van der Waals surface area contributed by atoms with Gasteiger partial charge in [-0.1, -0.05) is 13.3 Å². The molecular formula is C15H28N6. The summed E-state index contributed by atoms with van der Waals surface area (Å²) >= 11 is 0. The topological polar surface area (TPSA) is 70.3 Å². The molecule has 2 rings (SSSR count). The Morgan fingerprint density at radius 1 is 1.33 bits per heavy atom. The first-order valence-corrected chi connectivity index (χ1v) is 7.85. The van der Waals surface area contributed by atoms with Gasteiger partial charge in [0.05, 0.1) is 0 Å². The Kier molecular flexibility index (Phi) is 5.76. The Balaban J connectivity index is 2.09. The molecule has 0 aromatic carbocycles. The Morgan fingerprint density at radius 3 is 2.62 bits per heavy atom. The molecule has 1 aliphatic heterocycles. The van der Waals surface area contributed by atoms with Crippen LogP contribution in [0.3, 0.4) is 0 Å². The van der Waals surface area contributed by atoms with E-state index in [-0.39, 0.29) is 0 Å². The third kappa shape index (κ3) is 4.04. The number of hydrazine groups is 1. The first-order valence-electron chi connectivity index (χ1n) is 7.85. The minimum atomic E-state index is 0.761. The van der Waals surface area contributed by atoms with Gasteiger partial charge in [0.25, 0.3) is 0 Å². The van der Waals surface area contributed by atoms with E-state index >= 15 is 0 Å². The highest BCUT2D eigenvalue weighted by Crippen LogP contribution is 2.28. The third-order valence-electron chi connectivity index (χ3n) is 4.10. The summed E-state index contributed by atoms with van der Waals surface area (Å²) in [5.41, 5.74) is 3.86. The molecule has 1 fully saturated rings. The van der Waals surface area contributed by atoms with E-state index in [4.69, 9.17) is 5.84 Å². The molecule has 1 aromatic rings. The van der Waals surface area contributed by atoms with E-state index in [2.05, 4.69) is 46.2 Å². The van der Waals surface area contributed by atoms with Crippen LogP contribution in [-0.4, -0.2) is 48.6 Å². The van der Waals surface area contributed by atoms with Crippen LogP contribution in [0.15, 0.2) is 6.33 Å². The summed E-state index contributed by atoms with van der Waals surface area (Å²) in [6, 6.07) is 0. The van der Waals surface area contributed by atoms with Gasteiger partial charge in [-0.3, -0.25) is 0 Å². The van der Waals surface area contributed by atoms with Gasteiger partial charge in [0.15, 0.2) is 0 Å². The lowest BCUT2D eigenvalue weighted by Crippen LogP contribution is -2.38. The minimum Gasteiger partial charge on any atom is -0.356 e. The second-order valence-corrected chi connectivity index (χ2v) is 6.11. The van der Waals surface area contributed by atoms with E-state index in [9.17, 15) is 0 Å². The van der Waals surface area contributed by atoms with Crippen molar-refractivity contribution in [2.24, 2.45) is 11.8 Å². The average Bonchev–Trinajstić information content (AvgIpc) is 2.48. The molecule has 0 amide bonds. The number of nitrogens with zero attached hydrogens (tertiary/aromatic N) is 4. The van der Waals surface area contributed by atoms with Gasteiger partial charge in [-0.15, -0.1) is 0 Å². The highest BCUT2D eigenvalue weighted by atomic mass is 15.3. The summed E-state index contributed by atoms with van der Waals surface area (Å²) in [7, 11) is 4.30. The zero-order valence-electron chi connectivity index (χ0n) is 13.5. The predicted molar refractivity (Wildman–Crippen MR) is 87.3 cm³/mol. The van der Waals surface area contributed by atoms with Crippen LogP contribution < -0.4 is 16.2 Å². The van der Waals surface area contributed by atoms with Crippen molar-refractivity contribution in [3.63, 3.8) is 0 Å². The fraction of sp³-hybridized carbons (Fsp3) is 0.733. The van der Waals surface area contributed by atoms with Crippen molar-refractivity contribution in [1.29, 1.82) is 0 Å². The maximum atomic E-state index is 5.59. The fourth-order valence-electron chi connectivity index (χ4n) is 3.12. The minimum absolute atomic E-state index is 0.761. The van der Waals surface area contributed by atoms with E-state index in [0.29, 0.717) is 0 Å². The predicted octanol–water partition coefficient (Wildman–Crippen LogP) is 1.49. The van der Waals surface area contributed by atoms with Gasteiger partial charge in [-0.25, -0.2) is 15.8 Å². The van der Waals surface area contributed by atoms with E-state index in [0.717, 1.165) is 49.0 Å². The maximum absolute atomic E-state index is 5.59. The Morgan fingerprint density at radius 2 is 2.05 bits per heavy atom. The zero-order chi connectivity index (χ0) is 15.2. The van der Waals surface area contributed by atoms with Gasteiger partial charge in [0, 0.05) is 25.2 Å². The van der Waals surface area contributed by atoms with Crippen molar-refractivity contribution in [3.8, 4) is 0 Å². The molecule has 0 unspecified atom stereocenters. The van der Waals surface area contributed by atoms with Crippen LogP contribution in [0.4, 0.5) is 11.6 Å². The molecule has 0 saturated carbocycles. The molecule has 6 nitrogen and oxygen atoms in total. The number of hydrogen-bond acceptors (Lipinski definition) is 6. The average molecular weight is 292 g/mol. The highest BCUT2D eigenvalue weighted by molar-refractivity contribution is 5.58. The summed E-state index contributed by atoms with van der Waals surface area (Å²) in [5, 5.41) is 0. The second kappa shape index (κ2) is 7.56. The molecule has 3 N–H and O–H groups in total. The summed E-state index contributed by atoms with van der Waals surface area (Å²) in [6.07, 6.45) is 6.06. The number of anilines is 2. The van der Waals surface area contributed by atoms with Crippen LogP contribution in [0.1, 0.15) is 31.7 Å². The lowest BCUT2D eigenvalue weighted by molar-refractivity contribution is 0.284. The van der Waals surface area contributed by atoms with E-state index in [1.54, 1.807) is 6.33 Å². The molecule has 1 saturated heterocycles. The maximum Gasteiger partial charge on any atom is 0.148 e. The van der Waals surface area contributed by atoms with E-state index in [1.807, 2.05) is 0 Å². The van der Waals surface area contributed by atoms with Crippen molar-refractivity contribution < 1.29 is 0 Å². The molecule has 118 valence electrons. The lowest BCUT2D eigenvalue weighted by Gasteiger charge is -2.35. The van der Waals surface area contributed by atoms with Gasteiger partial charge < -0.3 is 15.2 Å². The quantitative estimate of drug-likeness (QED) is 0.611. The number of rotatable bonds is 6. The molecule has 0 spiro atoms. The Bertz CT molecular complexity index is 440. The zero-order valence-corrected chi connectivity index (χ0v) is 13.5. The molecule has 21 heavy (non-hydrogen) atoms. The molecule has 0 aliphatic carbocycles. The summed E-state index contributed by atoms with van der Waals surface area (Å²) in [6.45, 7) is 5.47. The molecule has 0 atom stereocenters. The Labute approximate surface area is 127 Å². The first-order chi connectivity index (χ1) is 10.2. The molecule has 6 heteroatoms. The number of nitrogens with one attached hydrogen (secondary N) is 1. The van der Waals surface area contributed by atoms with Crippen molar-refractivity contribution >= 4 is 11.6 Å². The number of hydrogen-bond donors (Lipinski definition) is 2. The fourth-order valence-corrected chi connectivity index (χ4v) is 3.12. The normalized spacial score (nSPS) is 16.5. The smallest absolute Gasteiger partial charge is 0.148 e. The molecule has 0 bridgehead atoms. The van der Waals surface area contributed by atoms with Gasteiger partial charge >= 0.3 is 0 Å². The van der Waals surface area contributed by atoms with Crippen LogP contribution in [0.25, 0.3) is 0 Å². The molecule has 1 aliphatic rings. The third-order valence-corrected chi connectivity index (χ3v) is 4.10. The number of aromatic nitrogens is 2. The summed E-state index contributed by atoms with van der Waals surface area (Å²) in [4.78, 5) is 13.4. The Hall–Kier alpha value is -1.40. The van der Waals surface area contributed by atoms with Gasteiger partial charge in [0.2, 0.25) is 0 Å². The molecular weight excluding hydrogens is 264 g/mol. The molecule has 1 aromatic heterocycles. The second-order valence-electron chi connectivity index (χ2n) is 6.11. The molecule has 0 radical (unpaired) electrons. The van der Waals surface area contributed by atoms with E-state index < -0.39 is 0 Å². The number of piperidine rings is 1. The van der Waals surface area contributed by atoms with Gasteiger partial charge in [-0.05, 0) is 39.3 Å². The van der Waals surface area contributed by atoms with Crippen molar-refractivity contribution in [1.82, 2.24) is 14.9 Å². The first kappa shape index (κ1) is 16.0. The highest BCUT2D eigenvalue weighted by Gasteiger charge is 2.23. The van der Waals surface area contributed by atoms with Gasteiger partial charge in [-0.2, -0.15) is 0 Å². The number of nitrogen functional groups attached to an aromatic ring is 1. The van der Waals surface area contributed by atoms with Crippen molar-refractivity contribution in [2.45, 2.75) is 32.6 Å². The van der Waals surface area contributed by atoms with Crippen LogP contribution in [0, 0.1) is 5.92 Å². The summed E-state index contributed by atoms with van der Waals surface area (Å²) < 4.78 is 0.